The lowest BCUT2D eigenvalue weighted by Gasteiger charge is -2.17. The summed E-state index contributed by atoms with van der Waals surface area (Å²) in [6.45, 7) is 5.06. The van der Waals surface area contributed by atoms with Gasteiger partial charge in [0.25, 0.3) is 5.52 Å². The number of carbonyl (C=O) groups excluding carboxylic acids is 1. The van der Waals surface area contributed by atoms with Crippen LogP contribution >= 0.6 is 0 Å². The highest BCUT2D eigenvalue weighted by Gasteiger charge is 2.25. The van der Waals surface area contributed by atoms with Gasteiger partial charge < -0.3 is 19.6 Å². The molecule has 0 aliphatic carbocycles. The number of para-hydroxylation sites is 1. The number of benzene rings is 2. The molecule has 3 aromatic rings. The molecule has 0 saturated carbocycles. The maximum absolute atomic E-state index is 13.0. The van der Waals surface area contributed by atoms with Crippen LogP contribution < -0.4 is 9.16 Å². The minimum absolute atomic E-state index is 0.0609. The molecule has 1 aromatic heterocycles. The Bertz CT molecular complexity index is 1100. The Balaban J connectivity index is 1.94. The van der Waals surface area contributed by atoms with Gasteiger partial charge in [-0.15, -0.1) is 0 Å². The molecule has 1 fully saturated rings. The van der Waals surface area contributed by atoms with E-state index in [1.54, 1.807) is 29.2 Å². The summed E-state index contributed by atoms with van der Waals surface area (Å²) >= 11 is 0. The summed E-state index contributed by atoms with van der Waals surface area (Å²) in [5, 5.41) is 12.8. The van der Waals surface area contributed by atoms with Crippen LogP contribution in [0.1, 0.15) is 24.0 Å². The van der Waals surface area contributed by atoms with Crippen molar-refractivity contribution in [2.24, 2.45) is 0 Å². The predicted molar refractivity (Wildman–Crippen MR) is 97.9 cm³/mol. The van der Waals surface area contributed by atoms with Crippen molar-refractivity contribution in [3.05, 3.63) is 51.6 Å². The summed E-state index contributed by atoms with van der Waals surface area (Å²) in [6.07, 6.45) is 1.39. The minimum Gasteiger partial charge on any atom is -0.805 e. The van der Waals surface area contributed by atoms with Crippen LogP contribution in [0.25, 0.3) is 22.1 Å². The Labute approximate surface area is 149 Å². The Morgan fingerprint density at radius 2 is 1.81 bits per heavy atom. The number of fused-ring (bicyclic) bond motifs is 2. The summed E-state index contributed by atoms with van der Waals surface area (Å²) in [5.41, 5.74) is 2.61. The van der Waals surface area contributed by atoms with Gasteiger partial charge in [-0.1, -0.05) is 6.07 Å². The zero-order valence-electron chi connectivity index (χ0n) is 14.7. The number of likely N-dealkylation sites (tertiary alicyclic amines) is 1. The number of carbonyl (C=O) groups is 1. The van der Waals surface area contributed by atoms with E-state index >= 15 is 0 Å². The van der Waals surface area contributed by atoms with Crippen LogP contribution in [0, 0.1) is 24.0 Å². The third kappa shape index (κ3) is 2.47. The van der Waals surface area contributed by atoms with Crippen LogP contribution in [0.4, 0.5) is 4.79 Å². The Morgan fingerprint density at radius 1 is 1.12 bits per heavy atom. The first kappa shape index (κ1) is 16.4. The number of ether oxygens (including phenoxy) is 1. The van der Waals surface area contributed by atoms with Gasteiger partial charge in [0.05, 0.1) is 4.43 Å². The van der Waals surface area contributed by atoms with Gasteiger partial charge in [0.15, 0.2) is 0 Å². The second-order valence-corrected chi connectivity index (χ2v) is 6.70. The molecule has 7 nitrogen and oxygen atoms in total. The van der Waals surface area contributed by atoms with E-state index in [2.05, 4.69) is 0 Å². The molecule has 1 saturated heterocycles. The largest absolute Gasteiger partial charge is 0.805 e. The predicted octanol–water partition coefficient (Wildman–Crippen LogP) is 3.27. The fourth-order valence-electron chi connectivity index (χ4n) is 3.38. The van der Waals surface area contributed by atoms with Gasteiger partial charge in [0, 0.05) is 24.1 Å². The summed E-state index contributed by atoms with van der Waals surface area (Å²) in [7, 11) is 0. The molecule has 1 aliphatic heterocycles. The molecule has 2 aromatic carbocycles. The molecule has 0 atom stereocenters. The van der Waals surface area contributed by atoms with Gasteiger partial charge >= 0.3 is 11.6 Å². The van der Waals surface area contributed by atoms with Crippen LogP contribution in [0.3, 0.4) is 0 Å². The molecule has 4 rings (SSSR count). The number of rotatable bonds is 1. The lowest BCUT2D eigenvalue weighted by atomic mass is 10.1. The van der Waals surface area contributed by atoms with Gasteiger partial charge in [-0.25, -0.2) is 4.79 Å². The van der Waals surface area contributed by atoms with Crippen molar-refractivity contribution in [1.82, 2.24) is 9.63 Å². The van der Waals surface area contributed by atoms with E-state index in [0.29, 0.717) is 23.0 Å². The zero-order chi connectivity index (χ0) is 18.4. The summed E-state index contributed by atoms with van der Waals surface area (Å²) in [5.74, 6) is 0.0964. The molecule has 0 spiro atoms. The van der Waals surface area contributed by atoms with Gasteiger partial charge in [0.2, 0.25) is 5.75 Å². The lowest BCUT2D eigenvalue weighted by Crippen LogP contribution is -2.31. The van der Waals surface area contributed by atoms with Crippen LogP contribution in [-0.4, -0.2) is 28.8 Å². The molecule has 1 aliphatic rings. The summed E-state index contributed by atoms with van der Waals surface area (Å²) < 4.78 is 6.86. The van der Waals surface area contributed by atoms with E-state index in [9.17, 15) is 14.9 Å². The highest BCUT2D eigenvalue weighted by Crippen LogP contribution is 2.27. The summed E-state index contributed by atoms with van der Waals surface area (Å²) in [6, 6.07) is 8.09. The van der Waals surface area contributed by atoms with E-state index in [-0.39, 0.29) is 22.3 Å². The maximum Gasteiger partial charge on any atom is 0.415 e. The molecule has 0 N–H and O–H groups in total. The third-order valence-electron chi connectivity index (χ3n) is 4.99. The van der Waals surface area contributed by atoms with E-state index in [4.69, 9.17) is 4.74 Å². The van der Waals surface area contributed by atoms with Crippen molar-refractivity contribution in [3.8, 4) is 5.75 Å². The maximum atomic E-state index is 13.0. The van der Waals surface area contributed by atoms with E-state index in [1.807, 2.05) is 13.8 Å². The lowest BCUT2D eigenvalue weighted by molar-refractivity contribution is -0.433. The number of nitrogens with zero attached hydrogens (tertiary/aromatic N) is 3. The topological polar surface area (TPSA) is 80.5 Å². The average Bonchev–Trinajstić information content (AvgIpc) is 3.16. The average molecular weight is 353 g/mol. The first-order chi connectivity index (χ1) is 12.5. The molecule has 0 bridgehead atoms. The Hall–Kier alpha value is -3.09. The molecular formula is C19H19N3O4. The first-order valence-corrected chi connectivity index (χ1v) is 8.63. The molecule has 26 heavy (non-hydrogen) atoms. The highest BCUT2D eigenvalue weighted by atomic mass is 16.6. The molecule has 134 valence electrons. The van der Waals surface area contributed by atoms with Gasteiger partial charge in [-0.05, 0) is 56.0 Å². The van der Waals surface area contributed by atoms with Crippen molar-refractivity contribution >= 4 is 28.2 Å². The van der Waals surface area contributed by atoms with E-state index in [0.717, 1.165) is 28.7 Å². The SMILES string of the molecule is Cc1cc2c(cc1C)[n+](=O)c1c(OC(=O)N3CCCC3)cccc1n2[O-]. The molecule has 1 amide bonds. The molecule has 2 heterocycles. The van der Waals surface area contributed by atoms with Crippen LogP contribution in [0.2, 0.25) is 0 Å². The molecular weight excluding hydrogens is 334 g/mol. The first-order valence-electron chi connectivity index (χ1n) is 8.63. The highest BCUT2D eigenvalue weighted by molar-refractivity contribution is 5.88. The van der Waals surface area contributed by atoms with Crippen LogP contribution in [0.15, 0.2) is 30.3 Å². The van der Waals surface area contributed by atoms with Crippen LogP contribution in [0.5, 0.6) is 5.75 Å². The molecule has 0 unspecified atom stereocenters. The van der Waals surface area contributed by atoms with Gasteiger partial charge in [0.1, 0.15) is 11.0 Å². The van der Waals surface area contributed by atoms with Crippen molar-refractivity contribution in [2.45, 2.75) is 26.7 Å². The Morgan fingerprint density at radius 3 is 2.54 bits per heavy atom. The van der Waals surface area contributed by atoms with Gasteiger partial charge in [-0.2, -0.15) is 0 Å². The van der Waals surface area contributed by atoms with Crippen molar-refractivity contribution in [1.29, 1.82) is 0 Å². The van der Waals surface area contributed by atoms with E-state index in [1.165, 1.54) is 6.07 Å². The fourth-order valence-corrected chi connectivity index (χ4v) is 3.38. The smallest absolute Gasteiger partial charge is 0.415 e. The molecule has 7 heteroatoms. The number of hydrogen-bond acceptors (Lipinski definition) is 4. The summed E-state index contributed by atoms with van der Waals surface area (Å²) in [4.78, 5) is 26.9. The van der Waals surface area contributed by atoms with Crippen molar-refractivity contribution in [3.63, 3.8) is 0 Å². The van der Waals surface area contributed by atoms with Crippen LogP contribution in [-0.2, 0) is 0 Å². The Kier molecular flexibility index (Phi) is 3.79. The number of hydrogen-bond donors (Lipinski definition) is 0. The van der Waals surface area contributed by atoms with Crippen molar-refractivity contribution in [2.75, 3.05) is 13.1 Å². The number of aryl methyl sites for hydroxylation is 2. The standard InChI is InChI=1S/C19H19N3O4/c1-12-10-15-16(11-13(12)2)22(25)18-14(21(15)24)6-5-7-17(18)26-19(23)20-8-3-4-9-20/h5-7,10-11H,3-4,8-9H2,1-2H3. The number of amides is 1. The second-order valence-electron chi connectivity index (χ2n) is 6.70. The quantitative estimate of drug-likeness (QED) is 0.497. The normalized spacial score (nSPS) is 14.3. The fraction of sp³-hybridized carbons (Fsp3) is 0.316. The van der Waals surface area contributed by atoms with Gasteiger partial charge in [-0.3, -0.25) is 0 Å². The minimum atomic E-state index is -0.493. The monoisotopic (exact) mass is 353 g/mol. The second kappa shape index (κ2) is 6.01. The van der Waals surface area contributed by atoms with E-state index < -0.39 is 6.09 Å². The van der Waals surface area contributed by atoms with Crippen molar-refractivity contribution < 1.29 is 14.0 Å². The zero-order valence-corrected chi connectivity index (χ0v) is 14.7. The molecule has 0 radical (unpaired) electrons. The number of aromatic nitrogens is 2. The third-order valence-corrected chi connectivity index (χ3v) is 4.99.